The lowest BCUT2D eigenvalue weighted by molar-refractivity contribution is -0.384. The van der Waals surface area contributed by atoms with Crippen LogP contribution in [0.3, 0.4) is 0 Å². The first-order valence-corrected chi connectivity index (χ1v) is 9.06. The third-order valence-electron chi connectivity index (χ3n) is 5.12. The van der Waals surface area contributed by atoms with Crippen LogP contribution in [-0.2, 0) is 0 Å². The molecular formula is C24H16N2O2. The minimum atomic E-state index is -0.337. The molecule has 0 saturated heterocycles. The van der Waals surface area contributed by atoms with Crippen molar-refractivity contribution in [3.05, 3.63) is 107 Å². The standard InChI is InChI=1S/C24H16N2O2/c27-26(28)24-12-6-1-7-19(24)17-13-15-18(16-14-17)25-22-10-4-2-8-20(22)21-9-3-5-11-23(21)25/h1-16H. The number of benzene rings is 4. The Morgan fingerprint density at radius 3 is 1.79 bits per heavy atom. The van der Waals surface area contributed by atoms with Gasteiger partial charge in [0, 0.05) is 22.5 Å². The first kappa shape index (κ1) is 16.3. The topological polar surface area (TPSA) is 48.1 Å². The summed E-state index contributed by atoms with van der Waals surface area (Å²) in [4.78, 5) is 11.0. The van der Waals surface area contributed by atoms with Gasteiger partial charge in [0.25, 0.3) is 5.69 Å². The molecule has 134 valence electrons. The summed E-state index contributed by atoms with van der Waals surface area (Å²) in [5.74, 6) is 0. The molecule has 0 radical (unpaired) electrons. The summed E-state index contributed by atoms with van der Waals surface area (Å²) in [5.41, 5.74) is 4.88. The molecule has 0 N–H and O–H groups in total. The monoisotopic (exact) mass is 364 g/mol. The third-order valence-corrected chi connectivity index (χ3v) is 5.12. The van der Waals surface area contributed by atoms with Crippen LogP contribution in [-0.4, -0.2) is 9.49 Å². The summed E-state index contributed by atoms with van der Waals surface area (Å²) in [6.45, 7) is 0. The predicted molar refractivity (Wildman–Crippen MR) is 113 cm³/mol. The predicted octanol–water partition coefficient (Wildman–Crippen LogP) is 6.36. The Morgan fingerprint density at radius 2 is 1.18 bits per heavy atom. The molecule has 0 fully saturated rings. The number of hydrogen-bond donors (Lipinski definition) is 0. The van der Waals surface area contributed by atoms with Crippen LogP contribution >= 0.6 is 0 Å². The summed E-state index contributed by atoms with van der Waals surface area (Å²) < 4.78 is 2.23. The van der Waals surface area contributed by atoms with Crippen molar-refractivity contribution in [3.63, 3.8) is 0 Å². The molecule has 4 aromatic carbocycles. The van der Waals surface area contributed by atoms with Gasteiger partial charge in [0.2, 0.25) is 0 Å². The molecule has 0 aliphatic carbocycles. The zero-order valence-corrected chi connectivity index (χ0v) is 14.9. The van der Waals surface area contributed by atoms with Crippen molar-refractivity contribution >= 4 is 27.5 Å². The van der Waals surface area contributed by atoms with E-state index in [1.165, 1.54) is 16.8 Å². The Hall–Kier alpha value is -3.92. The molecule has 0 amide bonds. The van der Waals surface area contributed by atoms with Gasteiger partial charge in [0.1, 0.15) is 0 Å². The molecule has 5 aromatic rings. The van der Waals surface area contributed by atoms with Gasteiger partial charge in [-0.2, -0.15) is 0 Å². The number of nitro benzene ring substituents is 1. The molecule has 0 atom stereocenters. The highest BCUT2D eigenvalue weighted by atomic mass is 16.6. The lowest BCUT2D eigenvalue weighted by Crippen LogP contribution is -1.94. The van der Waals surface area contributed by atoms with E-state index in [0.717, 1.165) is 22.3 Å². The molecule has 0 bridgehead atoms. The Balaban J connectivity index is 1.69. The quantitative estimate of drug-likeness (QED) is 0.276. The summed E-state index contributed by atoms with van der Waals surface area (Å²) >= 11 is 0. The lowest BCUT2D eigenvalue weighted by atomic mass is 10.0. The van der Waals surface area contributed by atoms with E-state index < -0.39 is 0 Å². The van der Waals surface area contributed by atoms with E-state index in [1.807, 2.05) is 42.5 Å². The number of fused-ring (bicyclic) bond motifs is 3. The summed E-state index contributed by atoms with van der Waals surface area (Å²) in [7, 11) is 0. The van der Waals surface area contributed by atoms with E-state index in [4.69, 9.17) is 0 Å². The normalized spacial score (nSPS) is 11.1. The van der Waals surface area contributed by atoms with Crippen LogP contribution in [0.2, 0.25) is 0 Å². The van der Waals surface area contributed by atoms with Crippen molar-refractivity contribution in [1.82, 2.24) is 4.57 Å². The van der Waals surface area contributed by atoms with Gasteiger partial charge in [0.15, 0.2) is 0 Å². The van der Waals surface area contributed by atoms with Crippen molar-refractivity contribution in [3.8, 4) is 16.8 Å². The largest absolute Gasteiger partial charge is 0.309 e. The first-order chi connectivity index (χ1) is 13.7. The molecule has 0 aliphatic rings. The number of nitrogens with zero attached hydrogens (tertiary/aromatic N) is 2. The van der Waals surface area contributed by atoms with Gasteiger partial charge in [0.05, 0.1) is 21.5 Å². The smallest absolute Gasteiger partial charge is 0.277 e. The number of aromatic nitrogens is 1. The third kappa shape index (κ3) is 2.47. The molecule has 0 saturated carbocycles. The van der Waals surface area contributed by atoms with Gasteiger partial charge in [-0.25, -0.2) is 0 Å². The first-order valence-electron chi connectivity index (χ1n) is 9.06. The van der Waals surface area contributed by atoms with E-state index in [-0.39, 0.29) is 10.6 Å². The maximum Gasteiger partial charge on any atom is 0.277 e. The maximum absolute atomic E-state index is 11.3. The average Bonchev–Trinajstić information content (AvgIpc) is 3.08. The molecular weight excluding hydrogens is 348 g/mol. The Labute approximate surface area is 161 Å². The molecule has 5 rings (SSSR count). The van der Waals surface area contributed by atoms with Crippen molar-refractivity contribution < 1.29 is 4.92 Å². The van der Waals surface area contributed by atoms with Gasteiger partial charge in [-0.1, -0.05) is 60.7 Å². The molecule has 0 spiro atoms. The Bertz CT molecular complexity index is 1280. The van der Waals surface area contributed by atoms with Crippen molar-refractivity contribution in [2.24, 2.45) is 0 Å². The van der Waals surface area contributed by atoms with E-state index in [9.17, 15) is 10.1 Å². The number of hydrogen-bond acceptors (Lipinski definition) is 2. The number of rotatable bonds is 3. The highest BCUT2D eigenvalue weighted by molar-refractivity contribution is 6.09. The lowest BCUT2D eigenvalue weighted by Gasteiger charge is -2.09. The van der Waals surface area contributed by atoms with E-state index >= 15 is 0 Å². The molecule has 4 heteroatoms. The van der Waals surface area contributed by atoms with Gasteiger partial charge in [-0.05, 0) is 35.9 Å². The highest BCUT2D eigenvalue weighted by Crippen LogP contribution is 2.34. The molecule has 0 aliphatic heterocycles. The Morgan fingerprint density at radius 1 is 0.643 bits per heavy atom. The Kier molecular flexibility index (Phi) is 3.69. The van der Waals surface area contributed by atoms with Crippen LogP contribution in [0.1, 0.15) is 0 Å². The number of para-hydroxylation sites is 3. The fourth-order valence-corrected chi connectivity index (χ4v) is 3.87. The molecule has 1 aromatic heterocycles. The molecule has 0 unspecified atom stereocenters. The zero-order chi connectivity index (χ0) is 19.1. The van der Waals surface area contributed by atoms with Gasteiger partial charge < -0.3 is 4.57 Å². The minimum Gasteiger partial charge on any atom is -0.309 e. The zero-order valence-electron chi connectivity index (χ0n) is 14.9. The van der Waals surface area contributed by atoms with E-state index in [1.54, 1.807) is 12.1 Å². The van der Waals surface area contributed by atoms with E-state index in [0.29, 0.717) is 5.56 Å². The van der Waals surface area contributed by atoms with Crippen LogP contribution < -0.4 is 0 Å². The SMILES string of the molecule is O=[N+]([O-])c1ccccc1-c1ccc(-n2c3ccccc3c3ccccc32)cc1. The van der Waals surface area contributed by atoms with Crippen LogP contribution in [0, 0.1) is 10.1 Å². The van der Waals surface area contributed by atoms with Gasteiger partial charge in [-0.3, -0.25) is 10.1 Å². The fraction of sp³-hybridized carbons (Fsp3) is 0. The second-order valence-corrected chi connectivity index (χ2v) is 6.69. The second-order valence-electron chi connectivity index (χ2n) is 6.69. The highest BCUT2D eigenvalue weighted by Gasteiger charge is 2.15. The second kappa shape index (κ2) is 6.35. The maximum atomic E-state index is 11.3. The molecule has 4 nitrogen and oxygen atoms in total. The van der Waals surface area contributed by atoms with Crippen molar-refractivity contribution in [2.45, 2.75) is 0 Å². The van der Waals surface area contributed by atoms with Crippen LogP contribution in [0.5, 0.6) is 0 Å². The average molecular weight is 364 g/mol. The molecule has 28 heavy (non-hydrogen) atoms. The van der Waals surface area contributed by atoms with Crippen LogP contribution in [0.25, 0.3) is 38.6 Å². The summed E-state index contributed by atoms with van der Waals surface area (Å²) in [6, 6.07) is 31.5. The molecule has 1 heterocycles. The summed E-state index contributed by atoms with van der Waals surface area (Å²) in [6.07, 6.45) is 0. The van der Waals surface area contributed by atoms with Gasteiger partial charge >= 0.3 is 0 Å². The van der Waals surface area contributed by atoms with E-state index in [2.05, 4.69) is 41.0 Å². The summed E-state index contributed by atoms with van der Waals surface area (Å²) in [5, 5.41) is 13.8. The van der Waals surface area contributed by atoms with Crippen LogP contribution in [0.4, 0.5) is 5.69 Å². The minimum absolute atomic E-state index is 0.118. The van der Waals surface area contributed by atoms with Crippen molar-refractivity contribution in [1.29, 1.82) is 0 Å². The van der Waals surface area contributed by atoms with Crippen molar-refractivity contribution in [2.75, 3.05) is 0 Å². The fourth-order valence-electron chi connectivity index (χ4n) is 3.87. The number of nitro groups is 1. The van der Waals surface area contributed by atoms with Crippen LogP contribution in [0.15, 0.2) is 97.1 Å². The van der Waals surface area contributed by atoms with Gasteiger partial charge in [-0.15, -0.1) is 0 Å².